The third-order valence-corrected chi connectivity index (χ3v) is 3.55. The quantitative estimate of drug-likeness (QED) is 0.757. The van der Waals surface area contributed by atoms with E-state index in [9.17, 15) is 4.79 Å². The van der Waals surface area contributed by atoms with E-state index in [1.54, 1.807) is 7.11 Å². The van der Waals surface area contributed by atoms with Crippen LogP contribution in [0.2, 0.25) is 0 Å². The van der Waals surface area contributed by atoms with Crippen molar-refractivity contribution in [2.75, 3.05) is 26.1 Å². The number of hydrogen-bond acceptors (Lipinski definition) is 7. The van der Waals surface area contributed by atoms with Gasteiger partial charge in [-0.15, -0.1) is 0 Å². The highest BCUT2D eigenvalue weighted by Gasteiger charge is 2.22. The largest absolute Gasteiger partial charge is 0.490 e. The Morgan fingerprint density at radius 3 is 2.63 bits per heavy atom. The van der Waals surface area contributed by atoms with E-state index < -0.39 is 5.54 Å². The lowest BCUT2D eigenvalue weighted by atomic mass is 10.1. The molecule has 0 aliphatic carbocycles. The number of rotatable bonds is 7. The van der Waals surface area contributed by atoms with E-state index in [0.29, 0.717) is 31.1 Å². The molecule has 27 heavy (non-hydrogen) atoms. The molecule has 0 atom stereocenters. The SMILES string of the molecule is COCCC(=O)NC(C)(C)COc1cccc2nc(C)cc(N)c12.O=C=O. The van der Waals surface area contributed by atoms with Crippen LogP contribution in [0.5, 0.6) is 5.75 Å². The number of methoxy groups -OCH3 is 1. The Morgan fingerprint density at radius 1 is 1.33 bits per heavy atom. The van der Waals surface area contributed by atoms with Gasteiger partial charge in [-0.2, -0.15) is 9.59 Å². The van der Waals surface area contributed by atoms with Crippen LogP contribution in [0.1, 0.15) is 26.0 Å². The zero-order chi connectivity index (χ0) is 20.4. The van der Waals surface area contributed by atoms with Gasteiger partial charge in [-0.1, -0.05) is 6.07 Å². The van der Waals surface area contributed by atoms with Gasteiger partial charge in [-0.05, 0) is 39.0 Å². The van der Waals surface area contributed by atoms with Gasteiger partial charge >= 0.3 is 6.15 Å². The van der Waals surface area contributed by atoms with Crippen LogP contribution in [0.3, 0.4) is 0 Å². The molecule has 1 aromatic heterocycles. The second-order valence-electron chi connectivity index (χ2n) is 6.55. The zero-order valence-electron chi connectivity index (χ0n) is 16.0. The van der Waals surface area contributed by atoms with Crippen molar-refractivity contribution in [3.05, 3.63) is 30.0 Å². The van der Waals surface area contributed by atoms with Crippen LogP contribution < -0.4 is 15.8 Å². The number of nitrogen functional groups attached to an aromatic ring is 1. The molecule has 0 aliphatic heterocycles. The monoisotopic (exact) mass is 375 g/mol. The molecule has 8 nitrogen and oxygen atoms in total. The highest BCUT2D eigenvalue weighted by atomic mass is 16.5. The molecule has 2 rings (SSSR count). The summed E-state index contributed by atoms with van der Waals surface area (Å²) in [5.74, 6) is 0.594. The molecule has 146 valence electrons. The molecule has 0 aliphatic rings. The molecule has 8 heteroatoms. The molecule has 0 radical (unpaired) electrons. The molecule has 1 aromatic carbocycles. The van der Waals surface area contributed by atoms with Gasteiger partial charge in [0.05, 0.1) is 23.0 Å². The first kappa shape index (κ1) is 22.1. The van der Waals surface area contributed by atoms with E-state index >= 15 is 0 Å². The summed E-state index contributed by atoms with van der Waals surface area (Å²) in [6.45, 7) is 6.44. The fourth-order valence-electron chi connectivity index (χ4n) is 2.47. The summed E-state index contributed by atoms with van der Waals surface area (Å²) in [6, 6.07) is 7.47. The van der Waals surface area contributed by atoms with Crippen LogP contribution in [0, 0.1) is 6.92 Å². The van der Waals surface area contributed by atoms with Gasteiger partial charge in [-0.3, -0.25) is 9.78 Å². The van der Waals surface area contributed by atoms with Crippen LogP contribution >= 0.6 is 0 Å². The van der Waals surface area contributed by atoms with Gasteiger partial charge in [0.2, 0.25) is 5.91 Å². The Labute approximate surface area is 158 Å². The first-order chi connectivity index (χ1) is 12.7. The van der Waals surface area contributed by atoms with Crippen molar-refractivity contribution in [3.8, 4) is 5.75 Å². The number of ether oxygens (including phenoxy) is 2. The van der Waals surface area contributed by atoms with Gasteiger partial charge in [-0.25, -0.2) is 0 Å². The highest BCUT2D eigenvalue weighted by Crippen LogP contribution is 2.30. The molecule has 2 aromatic rings. The van der Waals surface area contributed by atoms with Crippen molar-refractivity contribution in [2.45, 2.75) is 32.7 Å². The van der Waals surface area contributed by atoms with Crippen molar-refractivity contribution in [1.82, 2.24) is 10.3 Å². The van der Waals surface area contributed by atoms with E-state index in [1.165, 1.54) is 0 Å². The Bertz CT molecular complexity index is 814. The Hall–Kier alpha value is -2.96. The molecule has 1 heterocycles. The van der Waals surface area contributed by atoms with Crippen LogP contribution in [-0.2, 0) is 19.1 Å². The first-order valence-electron chi connectivity index (χ1n) is 8.32. The predicted octanol–water partition coefficient (Wildman–Crippen LogP) is 1.85. The van der Waals surface area contributed by atoms with Crippen LogP contribution in [0.15, 0.2) is 24.3 Å². The topological polar surface area (TPSA) is 121 Å². The van der Waals surface area contributed by atoms with Crippen molar-refractivity contribution >= 4 is 28.6 Å². The third-order valence-electron chi connectivity index (χ3n) is 3.55. The Balaban J connectivity index is 0.00000114. The number of nitrogens with zero attached hydrogens (tertiary/aromatic N) is 1. The minimum Gasteiger partial charge on any atom is -0.490 e. The lowest BCUT2D eigenvalue weighted by molar-refractivity contribution is -0.191. The van der Waals surface area contributed by atoms with Crippen LogP contribution in [-0.4, -0.2) is 42.9 Å². The van der Waals surface area contributed by atoms with Gasteiger partial charge in [0.25, 0.3) is 0 Å². The van der Waals surface area contributed by atoms with Gasteiger partial charge < -0.3 is 20.5 Å². The smallest absolute Gasteiger partial charge is 0.373 e. The first-order valence-corrected chi connectivity index (χ1v) is 8.32. The number of benzene rings is 1. The highest BCUT2D eigenvalue weighted by molar-refractivity contribution is 5.95. The molecule has 0 fully saturated rings. The zero-order valence-corrected chi connectivity index (χ0v) is 16.0. The normalized spacial score (nSPS) is 10.5. The number of hydrogen-bond donors (Lipinski definition) is 2. The average Bonchev–Trinajstić information content (AvgIpc) is 2.58. The summed E-state index contributed by atoms with van der Waals surface area (Å²) in [7, 11) is 1.57. The molecule has 3 N–H and O–H groups in total. The number of aromatic nitrogens is 1. The van der Waals surface area contributed by atoms with Gasteiger partial charge in [0.1, 0.15) is 12.4 Å². The number of carbonyl (C=O) groups is 1. The minimum atomic E-state index is -0.514. The molecule has 0 spiro atoms. The fraction of sp³-hybridized carbons (Fsp3) is 0.421. The second kappa shape index (κ2) is 10.3. The number of amides is 1. The number of carbonyl (C=O) groups excluding carboxylic acids is 3. The molecule has 1 amide bonds. The maximum atomic E-state index is 11.9. The average molecular weight is 375 g/mol. The summed E-state index contributed by atoms with van der Waals surface area (Å²) in [5, 5.41) is 3.74. The summed E-state index contributed by atoms with van der Waals surface area (Å²) >= 11 is 0. The molecule has 0 bridgehead atoms. The van der Waals surface area contributed by atoms with Crippen molar-refractivity contribution < 1.29 is 23.9 Å². The predicted molar refractivity (Wildman–Crippen MR) is 100 cm³/mol. The van der Waals surface area contributed by atoms with E-state index in [0.717, 1.165) is 16.6 Å². The van der Waals surface area contributed by atoms with Crippen LogP contribution in [0.25, 0.3) is 10.9 Å². The number of nitrogens with one attached hydrogen (secondary N) is 1. The standard InChI is InChI=1S/C18H25N3O3.CO2/c1-12-10-13(19)17-14(20-12)6-5-7-15(17)24-11-18(2,3)21-16(22)8-9-23-4;2-1-3/h5-7,10H,8-9,11H2,1-4H3,(H2,19,20)(H,21,22);. The summed E-state index contributed by atoms with van der Waals surface area (Å²) in [6.07, 6.45) is 0.574. The summed E-state index contributed by atoms with van der Waals surface area (Å²) in [5.41, 5.74) is 7.91. The van der Waals surface area contributed by atoms with Crippen molar-refractivity contribution in [3.63, 3.8) is 0 Å². The summed E-state index contributed by atoms with van der Waals surface area (Å²) < 4.78 is 10.9. The van der Waals surface area contributed by atoms with Gasteiger partial charge in [0, 0.05) is 24.9 Å². The lowest BCUT2D eigenvalue weighted by Gasteiger charge is -2.26. The van der Waals surface area contributed by atoms with E-state index in [-0.39, 0.29) is 12.1 Å². The number of anilines is 1. The maximum absolute atomic E-state index is 11.9. The van der Waals surface area contributed by atoms with Crippen LogP contribution in [0.4, 0.5) is 5.69 Å². The van der Waals surface area contributed by atoms with E-state index in [1.807, 2.05) is 45.0 Å². The van der Waals surface area contributed by atoms with E-state index in [4.69, 9.17) is 24.8 Å². The molecular formula is C19H25N3O5. The number of nitrogens with two attached hydrogens (primary N) is 1. The summed E-state index contributed by atoms with van der Waals surface area (Å²) in [4.78, 5) is 32.6. The van der Waals surface area contributed by atoms with Gasteiger partial charge in [0.15, 0.2) is 0 Å². The minimum absolute atomic E-state index is 0.0693. The maximum Gasteiger partial charge on any atom is 0.373 e. The second-order valence-corrected chi connectivity index (χ2v) is 6.55. The number of fused-ring (bicyclic) bond motifs is 1. The Kier molecular flexibility index (Phi) is 8.38. The third kappa shape index (κ3) is 7.05. The van der Waals surface area contributed by atoms with Crippen molar-refractivity contribution in [2.24, 2.45) is 0 Å². The lowest BCUT2D eigenvalue weighted by Crippen LogP contribution is -2.48. The molecule has 0 unspecified atom stereocenters. The van der Waals surface area contributed by atoms with E-state index in [2.05, 4.69) is 10.3 Å². The fourth-order valence-corrected chi connectivity index (χ4v) is 2.47. The number of pyridine rings is 1. The van der Waals surface area contributed by atoms with Crippen molar-refractivity contribution in [1.29, 1.82) is 0 Å². The Morgan fingerprint density at radius 2 is 2.00 bits per heavy atom. The molecule has 0 saturated carbocycles. The molecule has 0 saturated heterocycles. The number of aryl methyl sites for hydroxylation is 1. The molecular weight excluding hydrogens is 350 g/mol.